The molecule has 0 aromatic heterocycles. The van der Waals surface area contributed by atoms with Crippen molar-refractivity contribution in [3.05, 3.63) is 0 Å². The van der Waals surface area contributed by atoms with Gasteiger partial charge in [0.1, 0.15) is 0 Å². The van der Waals surface area contributed by atoms with E-state index in [4.69, 9.17) is 34.1 Å². The van der Waals surface area contributed by atoms with Gasteiger partial charge in [-0.25, -0.2) is 0 Å². The zero-order chi connectivity index (χ0) is 10.7. The molecule has 1 radical (unpaired) electrons. The average Bonchev–Trinajstić information content (AvgIpc) is 1.54. The fourth-order valence-corrected chi connectivity index (χ4v) is 0. The Morgan fingerprint density at radius 2 is 0.538 bits per heavy atom. The first kappa shape index (κ1) is 24.2. The van der Waals surface area contributed by atoms with Crippen molar-refractivity contribution in [3.8, 4) is 0 Å². The van der Waals surface area contributed by atoms with Crippen molar-refractivity contribution in [1.29, 1.82) is 0 Å². The summed E-state index contributed by atoms with van der Waals surface area (Å²) in [5.74, 6) is 0. The van der Waals surface area contributed by atoms with E-state index in [-0.39, 0.29) is 41.7 Å². The van der Waals surface area contributed by atoms with Gasteiger partial charge >= 0.3 is 122 Å². The van der Waals surface area contributed by atoms with Gasteiger partial charge in [0.25, 0.3) is 0 Å². The van der Waals surface area contributed by atoms with E-state index in [0.717, 1.165) is 0 Å². The standard InChI is InChI=1S/Ce.9O.3V/q+3;;;;;;;3*-1;;;. The zero-order valence-corrected chi connectivity index (χ0v) is 12.8. The third-order valence-electron chi connectivity index (χ3n) is 0. The number of hydrogen-bond acceptors (Lipinski definition) is 9. The molecule has 0 aliphatic carbocycles. The van der Waals surface area contributed by atoms with Crippen molar-refractivity contribution in [2.24, 2.45) is 0 Å². The fraction of sp³-hybridized carbons (Fsp3) is 0. The Morgan fingerprint density at radius 3 is 0.538 bits per heavy atom. The minimum atomic E-state index is -3.94. The Balaban J connectivity index is -0.0000000450. The normalized spacial score (nSPS) is 5.77. The van der Waals surface area contributed by atoms with Gasteiger partial charge in [-0.1, -0.05) is 0 Å². The van der Waals surface area contributed by atoms with Crippen LogP contribution >= 0.6 is 0 Å². The summed E-state index contributed by atoms with van der Waals surface area (Å²) in [6.07, 6.45) is 0. The molecule has 73 valence electrons. The van der Waals surface area contributed by atoms with Crippen molar-refractivity contribution in [3.63, 3.8) is 0 Å². The van der Waals surface area contributed by atoms with Gasteiger partial charge in [-0.05, 0) is 0 Å². The first-order chi connectivity index (χ1) is 5.20. The molecule has 0 saturated carbocycles. The Kier molecular flexibility index (Phi) is 36.1. The van der Waals surface area contributed by atoms with Crippen LogP contribution in [0.15, 0.2) is 0 Å². The molecule has 0 bridgehead atoms. The third-order valence-corrected chi connectivity index (χ3v) is 0. The van der Waals surface area contributed by atoms with Crippen LogP contribution in [-0.2, 0) is 68.2 Å². The molecular weight excluding hydrogens is 437 g/mol. The molecule has 0 N–H and O–H groups in total. The molecule has 0 atom stereocenters. The van der Waals surface area contributed by atoms with Gasteiger partial charge in [0.05, 0.1) is 0 Å². The van der Waals surface area contributed by atoms with E-state index in [1.54, 1.807) is 0 Å². The summed E-state index contributed by atoms with van der Waals surface area (Å²) in [6, 6.07) is 0. The number of hydrogen-bond donors (Lipinski definition) is 0. The van der Waals surface area contributed by atoms with Crippen LogP contribution in [0, 0.1) is 41.7 Å². The first-order valence-electron chi connectivity index (χ1n) is 1.64. The summed E-state index contributed by atoms with van der Waals surface area (Å²) >= 11 is -11.8. The Morgan fingerprint density at radius 1 is 0.538 bits per heavy atom. The van der Waals surface area contributed by atoms with Crippen molar-refractivity contribution in [1.82, 2.24) is 0 Å². The first-order valence-corrected chi connectivity index (χ1v) is 6.77. The molecule has 0 aromatic rings. The fourth-order valence-electron chi connectivity index (χ4n) is 0. The van der Waals surface area contributed by atoms with Crippen LogP contribution in [0.3, 0.4) is 0 Å². The Bertz CT molecular complexity index is 208. The van der Waals surface area contributed by atoms with Crippen LogP contribution in [0.25, 0.3) is 0 Å². The molecule has 0 heterocycles. The van der Waals surface area contributed by atoms with E-state index in [1.165, 1.54) is 0 Å². The molecule has 13 heavy (non-hydrogen) atoms. The van der Waals surface area contributed by atoms with Crippen molar-refractivity contribution in [2.75, 3.05) is 0 Å². The SMILES string of the molecule is [Ce+3].[O]=[V](=[O])[O-].[O]=[V](=[O])[O-].[O]=[V](=[O])[O-]. The third kappa shape index (κ3) is 588. The molecule has 0 aliphatic rings. The van der Waals surface area contributed by atoms with Crippen LogP contribution < -0.4 is 12.1 Å². The van der Waals surface area contributed by atoms with Gasteiger partial charge in [0.2, 0.25) is 0 Å². The monoisotopic (exact) mass is 437 g/mol. The molecule has 0 aliphatic heterocycles. The molecule has 9 nitrogen and oxygen atoms in total. The van der Waals surface area contributed by atoms with Gasteiger partial charge in [-0.15, -0.1) is 0 Å². The van der Waals surface area contributed by atoms with E-state index < -0.39 is 46.2 Å². The molecular formula is CeO9V3. The average molecular weight is 437 g/mol. The Labute approximate surface area is 120 Å². The summed E-state index contributed by atoms with van der Waals surface area (Å²) in [4.78, 5) is 0. The van der Waals surface area contributed by atoms with Gasteiger partial charge < -0.3 is 0 Å². The molecule has 0 rings (SSSR count). The predicted molar refractivity (Wildman–Crippen MR) is 4.12 cm³/mol. The second-order valence-corrected chi connectivity index (χ2v) is 2.77. The van der Waals surface area contributed by atoms with Crippen LogP contribution in [0.5, 0.6) is 0 Å². The van der Waals surface area contributed by atoms with E-state index in [1.807, 2.05) is 0 Å². The van der Waals surface area contributed by atoms with Gasteiger partial charge in [-0.3, -0.25) is 0 Å². The van der Waals surface area contributed by atoms with Gasteiger partial charge in [-0.2, -0.15) is 0 Å². The van der Waals surface area contributed by atoms with E-state index in [9.17, 15) is 0 Å². The molecule has 0 aromatic carbocycles. The molecule has 0 spiro atoms. The topological polar surface area (TPSA) is 172 Å². The molecule has 0 unspecified atom stereocenters. The molecule has 13 heteroatoms. The predicted octanol–water partition coefficient (Wildman–Crippen LogP) is -4.29. The summed E-state index contributed by atoms with van der Waals surface area (Å²) in [7, 11) is 0. The quantitative estimate of drug-likeness (QED) is 0.364. The summed E-state index contributed by atoms with van der Waals surface area (Å²) in [5, 5.41) is 0. The van der Waals surface area contributed by atoms with Crippen LogP contribution in [0.2, 0.25) is 0 Å². The van der Waals surface area contributed by atoms with Crippen LogP contribution in [-0.4, -0.2) is 0 Å². The summed E-state index contributed by atoms with van der Waals surface area (Å²) in [5.41, 5.74) is 0. The van der Waals surface area contributed by atoms with E-state index >= 15 is 0 Å². The molecule has 0 amide bonds. The maximum absolute atomic E-state index is 8.56. The maximum atomic E-state index is 8.56. The van der Waals surface area contributed by atoms with Crippen LogP contribution in [0.1, 0.15) is 0 Å². The minimum absolute atomic E-state index is 0. The van der Waals surface area contributed by atoms with Crippen molar-refractivity contribution >= 4 is 0 Å². The second kappa shape index (κ2) is 19.4. The van der Waals surface area contributed by atoms with Crippen LogP contribution in [0.4, 0.5) is 0 Å². The van der Waals surface area contributed by atoms with Gasteiger partial charge in [0.15, 0.2) is 0 Å². The van der Waals surface area contributed by atoms with Gasteiger partial charge in [0, 0.05) is 0 Å². The second-order valence-electron chi connectivity index (χ2n) is 0.671. The Hall–Kier alpha value is 1.81. The van der Waals surface area contributed by atoms with E-state index in [0.29, 0.717) is 0 Å². The summed E-state index contributed by atoms with van der Waals surface area (Å²) in [6.45, 7) is 0. The summed E-state index contributed by atoms with van der Waals surface area (Å²) < 4.78 is 77.1. The van der Waals surface area contributed by atoms with Crippen molar-refractivity contribution < 1.29 is 122 Å². The van der Waals surface area contributed by atoms with Crippen molar-refractivity contribution in [2.45, 2.75) is 0 Å². The van der Waals surface area contributed by atoms with E-state index in [2.05, 4.69) is 0 Å². The molecule has 0 fully saturated rings. The number of rotatable bonds is 0. The zero-order valence-electron chi connectivity index (χ0n) is 5.52. The molecule has 0 saturated heterocycles.